The van der Waals surface area contributed by atoms with Crippen molar-refractivity contribution in [2.24, 2.45) is 0 Å². The highest BCUT2D eigenvalue weighted by atomic mass is 32.2. The van der Waals surface area contributed by atoms with Gasteiger partial charge < -0.3 is 35.7 Å². The molecule has 5 rings (SSSR count). The van der Waals surface area contributed by atoms with Crippen LogP contribution in [-0.4, -0.2) is 65.2 Å². The number of rotatable bonds is 18. The molecule has 0 saturated carbocycles. The lowest BCUT2D eigenvalue weighted by Gasteiger charge is -2.23. The number of alkyl carbamates (subject to hydrolysis) is 1. The minimum Gasteiger partial charge on any atom is -0.542 e. The third-order valence-corrected chi connectivity index (χ3v) is 10.6. The summed E-state index contributed by atoms with van der Waals surface area (Å²) in [5, 5.41) is 27.6. The lowest BCUT2D eigenvalue weighted by molar-refractivity contribution is -0.344. The van der Waals surface area contributed by atoms with Crippen molar-refractivity contribution in [1.82, 2.24) is 15.6 Å². The van der Waals surface area contributed by atoms with Gasteiger partial charge in [0.25, 0.3) is 0 Å². The van der Waals surface area contributed by atoms with Crippen molar-refractivity contribution in [3.8, 4) is 11.1 Å². The molecule has 1 aromatic heterocycles. The van der Waals surface area contributed by atoms with Crippen molar-refractivity contribution >= 4 is 40.7 Å². The number of benzene rings is 4. The Morgan fingerprint density at radius 2 is 1.28 bits per heavy atom. The molecular weight excluding hydrogens is 774 g/mol. The van der Waals surface area contributed by atoms with Gasteiger partial charge in [0, 0.05) is 23.9 Å². The molecule has 0 aliphatic rings. The van der Waals surface area contributed by atoms with E-state index in [1.807, 2.05) is 109 Å². The molecule has 4 N–H and O–H groups in total. The van der Waals surface area contributed by atoms with Gasteiger partial charge in [0.15, 0.2) is 6.04 Å². The number of nitrogens with zero attached hydrogens (tertiary/aromatic N) is 1. The van der Waals surface area contributed by atoms with Crippen LogP contribution in [0.1, 0.15) is 35.6 Å². The van der Waals surface area contributed by atoms with Crippen LogP contribution in [0, 0.1) is 0 Å². The number of aromatic nitrogens is 1. The van der Waals surface area contributed by atoms with Crippen LogP contribution < -0.4 is 21.1 Å². The zero-order valence-electron chi connectivity index (χ0n) is 31.3. The number of nitrogens with one attached hydrogen (secondary N) is 3. The Kier molecular flexibility index (Phi) is 17.6. The molecule has 4 aromatic carbocycles. The molecule has 0 bridgehead atoms. The minimum absolute atomic E-state index is 0.134. The van der Waals surface area contributed by atoms with E-state index in [-0.39, 0.29) is 23.9 Å². The second-order valence-electron chi connectivity index (χ2n) is 12.8. The quantitative estimate of drug-likeness (QED) is 0.0586. The Balaban J connectivity index is 0.000000973. The summed E-state index contributed by atoms with van der Waals surface area (Å²) in [7, 11) is -0.382. The Morgan fingerprint density at radius 3 is 1.79 bits per heavy atom. The summed E-state index contributed by atoms with van der Waals surface area (Å²) in [6.45, 7) is 0.681. The van der Waals surface area contributed by atoms with E-state index in [9.17, 15) is 32.7 Å². The van der Waals surface area contributed by atoms with Crippen molar-refractivity contribution in [2.45, 2.75) is 42.6 Å². The largest absolute Gasteiger partial charge is 0.542 e. The number of aliphatic carboxylic acids is 2. The van der Waals surface area contributed by atoms with Gasteiger partial charge in [-0.1, -0.05) is 121 Å². The monoisotopic (exact) mass is 816 g/mol. The molecule has 0 aliphatic heterocycles. The number of ether oxygens (including phenoxy) is 1. The molecule has 58 heavy (non-hydrogen) atoms. The number of halogens is 3. The van der Waals surface area contributed by atoms with Crippen molar-refractivity contribution in [3.63, 3.8) is 0 Å². The molecular formula is C43H43F3N4O7S. The normalized spacial score (nSPS) is 11.9. The van der Waals surface area contributed by atoms with Gasteiger partial charge in [-0.05, 0) is 46.1 Å². The van der Waals surface area contributed by atoms with E-state index in [0.29, 0.717) is 35.8 Å². The maximum absolute atomic E-state index is 14.1. The van der Waals surface area contributed by atoms with Crippen LogP contribution in [0.3, 0.4) is 0 Å². The predicted molar refractivity (Wildman–Crippen MR) is 214 cm³/mol. The predicted octanol–water partition coefficient (Wildman–Crippen LogP) is 6.29. The van der Waals surface area contributed by atoms with Gasteiger partial charge in [0.2, 0.25) is 5.91 Å². The highest BCUT2D eigenvalue weighted by Gasteiger charge is 2.33. The minimum atomic E-state index is -5.19. The maximum Gasteiger partial charge on any atom is 0.430 e. The van der Waals surface area contributed by atoms with Gasteiger partial charge in [0.05, 0.1) is 19.1 Å². The topological polar surface area (TPSA) is 170 Å². The Morgan fingerprint density at radius 1 is 0.741 bits per heavy atom. The molecule has 0 fully saturated rings. The molecule has 2 amide bonds. The first-order chi connectivity index (χ1) is 27.9. The number of hydrogen-bond donors (Lipinski definition) is 4. The van der Waals surface area contributed by atoms with Crippen LogP contribution in [0.2, 0.25) is 0 Å². The van der Waals surface area contributed by atoms with Crippen LogP contribution in [0.4, 0.5) is 23.8 Å². The maximum atomic E-state index is 14.1. The molecule has 5 aromatic rings. The zero-order valence-corrected chi connectivity index (χ0v) is 32.1. The number of pyridine rings is 1. The molecule has 0 radical (unpaired) electrons. The van der Waals surface area contributed by atoms with E-state index in [0.717, 1.165) is 28.1 Å². The van der Waals surface area contributed by atoms with Crippen molar-refractivity contribution in [1.29, 1.82) is 0 Å². The van der Waals surface area contributed by atoms with E-state index in [2.05, 4.69) is 45.2 Å². The number of anilines is 1. The number of carbonyl (C=O) groups is 4. The third-order valence-electron chi connectivity index (χ3n) is 8.31. The SMILES string of the molecule is O=C(O)CC(NC(=O)C(C[S+](Cc1ccccc1)Cc1ccccc1)NC(=O)OCCCNc1ccccn1)c1ccc(-c2ccccc2)cc1.O=C([O-])C(F)(F)F. The summed E-state index contributed by atoms with van der Waals surface area (Å²) in [6.07, 6.45) is -4.00. The lowest BCUT2D eigenvalue weighted by Crippen LogP contribution is -2.51. The fourth-order valence-electron chi connectivity index (χ4n) is 5.55. The standard InChI is InChI=1S/C41H42N4O5S.C2HF3O2/c46-39(47)27-36(35-22-20-34(21-23-35)33-17-8-3-9-18-33)44-40(48)37(45-41(49)50-26-12-25-43-38-19-10-11-24-42-38)30-51(28-31-13-4-1-5-14-31)29-32-15-6-2-7-16-32;3-2(4,5)1(6)7/h1-11,13-24,36-37H,12,25-30H2,(H3-,42,43,44,45,46,47,48,49);(H,6,7). The van der Waals surface area contributed by atoms with Gasteiger partial charge in [-0.3, -0.25) is 9.59 Å². The van der Waals surface area contributed by atoms with Crippen LogP contribution in [0.5, 0.6) is 0 Å². The number of carboxylic acids is 2. The van der Waals surface area contributed by atoms with Crippen LogP contribution in [0.15, 0.2) is 140 Å². The molecule has 15 heteroatoms. The second-order valence-corrected chi connectivity index (χ2v) is 14.9. The summed E-state index contributed by atoms with van der Waals surface area (Å²) in [5.41, 5.74) is 4.91. The summed E-state index contributed by atoms with van der Waals surface area (Å²) in [4.78, 5) is 52.3. The second kappa shape index (κ2) is 23.0. The number of hydrogen-bond acceptors (Lipinski definition) is 8. The summed E-state index contributed by atoms with van der Waals surface area (Å²) in [5.74, 6) is -2.06. The van der Waals surface area contributed by atoms with E-state index in [1.165, 1.54) is 0 Å². The number of carbonyl (C=O) groups excluding carboxylic acids is 3. The van der Waals surface area contributed by atoms with Gasteiger partial charge in [0.1, 0.15) is 29.0 Å². The Labute approximate surface area is 337 Å². The average Bonchev–Trinajstić information content (AvgIpc) is 3.21. The van der Waals surface area contributed by atoms with Crippen molar-refractivity contribution in [3.05, 3.63) is 156 Å². The van der Waals surface area contributed by atoms with Gasteiger partial charge in [-0.2, -0.15) is 13.2 Å². The highest BCUT2D eigenvalue weighted by Crippen LogP contribution is 2.24. The molecule has 11 nitrogen and oxygen atoms in total. The highest BCUT2D eigenvalue weighted by molar-refractivity contribution is 7.95. The Bertz CT molecular complexity index is 1970. The van der Waals surface area contributed by atoms with E-state index in [4.69, 9.17) is 14.6 Å². The molecule has 2 atom stereocenters. The molecule has 2 unspecified atom stereocenters. The van der Waals surface area contributed by atoms with Gasteiger partial charge in [-0.15, -0.1) is 0 Å². The van der Waals surface area contributed by atoms with Crippen molar-refractivity contribution < 1.29 is 47.3 Å². The van der Waals surface area contributed by atoms with E-state index < -0.39 is 42.2 Å². The summed E-state index contributed by atoms with van der Waals surface area (Å²) < 4.78 is 37.1. The van der Waals surface area contributed by atoms with E-state index >= 15 is 0 Å². The molecule has 0 saturated heterocycles. The third kappa shape index (κ3) is 16.0. The van der Waals surface area contributed by atoms with Crippen molar-refractivity contribution in [2.75, 3.05) is 24.2 Å². The summed E-state index contributed by atoms with van der Waals surface area (Å²) in [6, 6.07) is 41.3. The van der Waals surface area contributed by atoms with Gasteiger partial charge >= 0.3 is 18.2 Å². The molecule has 1 heterocycles. The zero-order chi connectivity index (χ0) is 41.8. The van der Waals surface area contributed by atoms with Crippen LogP contribution >= 0.6 is 0 Å². The van der Waals surface area contributed by atoms with Crippen LogP contribution in [-0.2, 0) is 41.5 Å². The first kappa shape index (κ1) is 44.4. The first-order valence-corrected chi connectivity index (χ1v) is 19.9. The molecule has 0 aliphatic carbocycles. The average molecular weight is 817 g/mol. The fraction of sp³-hybridized carbons (Fsp3) is 0.233. The smallest absolute Gasteiger partial charge is 0.430 e. The molecule has 304 valence electrons. The number of amides is 2. The van der Waals surface area contributed by atoms with Gasteiger partial charge in [-0.25, -0.2) is 9.78 Å². The lowest BCUT2D eigenvalue weighted by atomic mass is 9.99. The Hall–Kier alpha value is -6.35. The molecule has 0 spiro atoms. The number of carboxylic acid groups (broad SMARTS) is 2. The summed E-state index contributed by atoms with van der Waals surface area (Å²) >= 11 is 0. The van der Waals surface area contributed by atoms with E-state index in [1.54, 1.807) is 6.20 Å². The first-order valence-electron chi connectivity index (χ1n) is 18.1. The fourth-order valence-corrected chi connectivity index (χ4v) is 7.92. The number of alkyl halides is 3. The van der Waals surface area contributed by atoms with Crippen LogP contribution in [0.25, 0.3) is 11.1 Å².